The summed E-state index contributed by atoms with van der Waals surface area (Å²) >= 11 is 0. The van der Waals surface area contributed by atoms with Crippen molar-refractivity contribution in [1.82, 2.24) is 14.4 Å². The Labute approximate surface area is 98.5 Å². The molecule has 3 rings (SSSR count). The number of methoxy groups -OCH3 is 1. The second-order valence-corrected chi connectivity index (χ2v) is 3.63. The molecule has 0 atom stereocenters. The van der Waals surface area contributed by atoms with Crippen molar-refractivity contribution in [2.45, 2.75) is 0 Å². The van der Waals surface area contributed by atoms with Crippen LogP contribution >= 0.6 is 0 Å². The van der Waals surface area contributed by atoms with Crippen molar-refractivity contribution in [2.75, 3.05) is 7.11 Å². The quantitative estimate of drug-likeness (QED) is 0.672. The van der Waals surface area contributed by atoms with Crippen LogP contribution in [0.15, 0.2) is 48.8 Å². The summed E-state index contributed by atoms with van der Waals surface area (Å²) in [5.74, 6) is 1.54. The maximum Gasteiger partial charge on any atom is 0.199 e. The highest BCUT2D eigenvalue weighted by molar-refractivity contribution is 5.60. The first kappa shape index (κ1) is 9.84. The first-order valence-electron chi connectivity index (χ1n) is 5.32. The van der Waals surface area contributed by atoms with Gasteiger partial charge in [0.1, 0.15) is 5.69 Å². The molecule has 0 amide bonds. The zero-order valence-corrected chi connectivity index (χ0v) is 9.37. The molecule has 3 heterocycles. The second-order valence-electron chi connectivity index (χ2n) is 3.63. The zero-order valence-electron chi connectivity index (χ0n) is 9.37. The fourth-order valence-corrected chi connectivity index (χ4v) is 1.85. The zero-order chi connectivity index (χ0) is 11.7. The number of hydrogen-bond acceptors (Lipinski definition) is 3. The predicted molar refractivity (Wildman–Crippen MR) is 65.0 cm³/mol. The van der Waals surface area contributed by atoms with Gasteiger partial charge in [0, 0.05) is 6.20 Å². The first-order chi connectivity index (χ1) is 8.40. The summed E-state index contributed by atoms with van der Waals surface area (Å²) in [7, 11) is 1.65. The highest BCUT2D eigenvalue weighted by Crippen LogP contribution is 2.23. The molecular formula is C13H11N3O. The van der Waals surface area contributed by atoms with Gasteiger partial charge in [0.25, 0.3) is 0 Å². The molecule has 0 unspecified atom stereocenters. The molecule has 0 aliphatic heterocycles. The van der Waals surface area contributed by atoms with Crippen molar-refractivity contribution < 1.29 is 4.74 Å². The largest absolute Gasteiger partial charge is 0.482 e. The van der Waals surface area contributed by atoms with E-state index in [0.29, 0.717) is 0 Å². The van der Waals surface area contributed by atoms with Crippen molar-refractivity contribution in [3.8, 4) is 17.4 Å². The minimum atomic E-state index is 0.751. The molecule has 0 N–H and O–H groups in total. The van der Waals surface area contributed by atoms with Crippen molar-refractivity contribution in [3.05, 3.63) is 48.8 Å². The molecule has 17 heavy (non-hydrogen) atoms. The van der Waals surface area contributed by atoms with Crippen LogP contribution in [-0.2, 0) is 0 Å². The van der Waals surface area contributed by atoms with Crippen LogP contribution in [0, 0.1) is 0 Å². The van der Waals surface area contributed by atoms with E-state index in [9.17, 15) is 0 Å². The Morgan fingerprint density at radius 1 is 1.06 bits per heavy atom. The lowest BCUT2D eigenvalue weighted by Gasteiger charge is -2.06. The average molecular weight is 225 g/mol. The van der Waals surface area contributed by atoms with E-state index >= 15 is 0 Å². The lowest BCUT2D eigenvalue weighted by Crippen LogP contribution is -1.96. The normalized spacial score (nSPS) is 10.6. The van der Waals surface area contributed by atoms with Crippen molar-refractivity contribution >= 4 is 5.52 Å². The van der Waals surface area contributed by atoms with E-state index in [1.54, 1.807) is 13.3 Å². The fraction of sp³-hybridized carbons (Fsp3) is 0.0769. The third-order valence-electron chi connectivity index (χ3n) is 2.62. The molecule has 0 radical (unpaired) electrons. The SMILES string of the molecule is COc1cccc2cnc(-c3ccccn3)n12. The van der Waals surface area contributed by atoms with Crippen molar-refractivity contribution in [1.29, 1.82) is 0 Å². The van der Waals surface area contributed by atoms with Gasteiger partial charge < -0.3 is 4.74 Å². The van der Waals surface area contributed by atoms with Crippen LogP contribution in [0.5, 0.6) is 5.88 Å². The van der Waals surface area contributed by atoms with Crippen LogP contribution in [0.2, 0.25) is 0 Å². The predicted octanol–water partition coefficient (Wildman–Crippen LogP) is 2.40. The first-order valence-corrected chi connectivity index (χ1v) is 5.32. The Hall–Kier alpha value is -2.36. The van der Waals surface area contributed by atoms with Gasteiger partial charge in [0.15, 0.2) is 11.7 Å². The Morgan fingerprint density at radius 2 is 2.00 bits per heavy atom. The average Bonchev–Trinajstić information content (AvgIpc) is 2.83. The van der Waals surface area contributed by atoms with Gasteiger partial charge in [0.05, 0.1) is 18.8 Å². The summed E-state index contributed by atoms with van der Waals surface area (Å²) in [4.78, 5) is 8.70. The summed E-state index contributed by atoms with van der Waals surface area (Å²) in [5.41, 5.74) is 1.82. The highest BCUT2D eigenvalue weighted by atomic mass is 16.5. The Morgan fingerprint density at radius 3 is 2.76 bits per heavy atom. The minimum Gasteiger partial charge on any atom is -0.482 e. The molecule has 84 valence electrons. The Bertz CT molecular complexity index is 646. The van der Waals surface area contributed by atoms with E-state index in [1.165, 1.54) is 0 Å². The number of fused-ring (bicyclic) bond motifs is 1. The van der Waals surface area contributed by atoms with E-state index in [-0.39, 0.29) is 0 Å². The third kappa shape index (κ3) is 1.54. The fourth-order valence-electron chi connectivity index (χ4n) is 1.85. The summed E-state index contributed by atoms with van der Waals surface area (Å²) in [6.07, 6.45) is 3.57. The molecule has 0 saturated heterocycles. The van der Waals surface area contributed by atoms with Gasteiger partial charge in [-0.05, 0) is 24.3 Å². The van der Waals surface area contributed by atoms with Gasteiger partial charge >= 0.3 is 0 Å². The highest BCUT2D eigenvalue weighted by Gasteiger charge is 2.10. The monoisotopic (exact) mass is 225 g/mol. The molecule has 0 fully saturated rings. The molecule has 0 aromatic carbocycles. The number of hydrogen-bond donors (Lipinski definition) is 0. The molecule has 3 aromatic rings. The Balaban J connectivity index is 2.31. The molecule has 0 aliphatic rings. The molecule has 0 bridgehead atoms. The van der Waals surface area contributed by atoms with E-state index < -0.39 is 0 Å². The number of aromatic nitrogens is 3. The number of pyridine rings is 2. The Kier molecular flexibility index (Phi) is 2.26. The lowest BCUT2D eigenvalue weighted by atomic mass is 10.3. The van der Waals surface area contributed by atoms with Gasteiger partial charge in [0.2, 0.25) is 0 Å². The lowest BCUT2D eigenvalue weighted by molar-refractivity contribution is 0.393. The standard InChI is InChI=1S/C13H11N3O/c1-17-12-7-4-5-10-9-15-13(16(10)12)11-6-2-3-8-14-11/h2-9H,1H3. The van der Waals surface area contributed by atoms with Crippen molar-refractivity contribution in [2.24, 2.45) is 0 Å². The van der Waals surface area contributed by atoms with E-state index in [0.717, 1.165) is 22.9 Å². The smallest absolute Gasteiger partial charge is 0.199 e. The van der Waals surface area contributed by atoms with Crippen LogP contribution in [0.4, 0.5) is 0 Å². The number of ether oxygens (including phenoxy) is 1. The number of rotatable bonds is 2. The van der Waals surface area contributed by atoms with Gasteiger partial charge in [-0.3, -0.25) is 9.38 Å². The van der Waals surface area contributed by atoms with Crippen LogP contribution in [0.1, 0.15) is 0 Å². The van der Waals surface area contributed by atoms with Crippen LogP contribution < -0.4 is 4.74 Å². The van der Waals surface area contributed by atoms with Crippen molar-refractivity contribution in [3.63, 3.8) is 0 Å². The topological polar surface area (TPSA) is 39.4 Å². The van der Waals surface area contributed by atoms with Gasteiger partial charge in [-0.1, -0.05) is 12.1 Å². The second kappa shape index (κ2) is 3.90. The molecular weight excluding hydrogens is 214 g/mol. The molecule has 3 aromatic heterocycles. The van der Waals surface area contributed by atoms with E-state index in [2.05, 4.69) is 9.97 Å². The number of imidazole rings is 1. The minimum absolute atomic E-state index is 0.751. The molecule has 0 saturated carbocycles. The maximum atomic E-state index is 5.34. The van der Waals surface area contributed by atoms with E-state index in [4.69, 9.17) is 4.74 Å². The third-order valence-corrected chi connectivity index (χ3v) is 2.62. The van der Waals surface area contributed by atoms with Gasteiger partial charge in [-0.15, -0.1) is 0 Å². The number of nitrogens with zero attached hydrogens (tertiary/aromatic N) is 3. The van der Waals surface area contributed by atoms with Crippen LogP contribution in [-0.4, -0.2) is 21.5 Å². The van der Waals surface area contributed by atoms with Gasteiger partial charge in [-0.25, -0.2) is 4.98 Å². The molecule has 4 heteroatoms. The molecule has 0 spiro atoms. The van der Waals surface area contributed by atoms with Gasteiger partial charge in [-0.2, -0.15) is 0 Å². The summed E-state index contributed by atoms with van der Waals surface area (Å²) < 4.78 is 7.29. The molecule has 0 aliphatic carbocycles. The molecule has 4 nitrogen and oxygen atoms in total. The van der Waals surface area contributed by atoms with E-state index in [1.807, 2.05) is 47.0 Å². The summed E-state index contributed by atoms with van der Waals surface area (Å²) in [6.45, 7) is 0. The summed E-state index contributed by atoms with van der Waals surface area (Å²) in [6, 6.07) is 11.6. The maximum absolute atomic E-state index is 5.34. The summed E-state index contributed by atoms with van der Waals surface area (Å²) in [5, 5.41) is 0. The van der Waals surface area contributed by atoms with Crippen LogP contribution in [0.25, 0.3) is 17.0 Å². The van der Waals surface area contributed by atoms with Crippen LogP contribution in [0.3, 0.4) is 0 Å².